The number of oxazole rings is 1. The second-order valence-electron chi connectivity index (χ2n) is 5.02. The van der Waals surface area contributed by atoms with Gasteiger partial charge in [-0.2, -0.15) is 5.10 Å². The molecule has 0 aliphatic carbocycles. The third-order valence-electron chi connectivity index (χ3n) is 3.24. The molecule has 3 heterocycles. The van der Waals surface area contributed by atoms with E-state index in [-0.39, 0.29) is 0 Å². The van der Waals surface area contributed by atoms with Gasteiger partial charge in [0.05, 0.1) is 17.6 Å². The number of nitrogens with zero attached hydrogens (tertiary/aromatic N) is 5. The van der Waals surface area contributed by atoms with Crippen LogP contribution in [-0.4, -0.2) is 40.1 Å². The van der Waals surface area contributed by atoms with Gasteiger partial charge in [-0.1, -0.05) is 0 Å². The Hall–Kier alpha value is -2.96. The average molecular weight is 310 g/mol. The molecule has 0 radical (unpaired) electrons. The molecule has 1 aliphatic rings. The maximum Gasteiger partial charge on any atom is 0.181 e. The van der Waals surface area contributed by atoms with Gasteiger partial charge in [-0.25, -0.2) is 4.98 Å². The standard InChI is InChI=1S/C16H18N6O/c1-13-5-8-22(11-19-13)21-7-2-6-17-14-3-4-15(18-9-14)16-10-23-12-20-16/h3-5,7-10,12,17H,2,6,11H2,1H3/b21-7-. The summed E-state index contributed by atoms with van der Waals surface area (Å²) in [6.45, 7) is 3.34. The molecule has 0 unspecified atom stereocenters. The van der Waals surface area contributed by atoms with Crippen LogP contribution in [0.3, 0.4) is 0 Å². The minimum Gasteiger partial charge on any atom is -0.451 e. The number of nitrogens with one attached hydrogen (secondary N) is 1. The lowest BCUT2D eigenvalue weighted by molar-refractivity contribution is 0.410. The maximum atomic E-state index is 4.95. The SMILES string of the molecule is CC1=NCN(/N=C\CCNc2ccc(-c3cocn3)nc2)C=C1. The zero-order valence-corrected chi connectivity index (χ0v) is 12.9. The molecule has 1 aliphatic heterocycles. The quantitative estimate of drug-likeness (QED) is 0.655. The third kappa shape index (κ3) is 4.26. The van der Waals surface area contributed by atoms with Gasteiger partial charge in [0.2, 0.25) is 0 Å². The number of allylic oxidation sites excluding steroid dienone is 1. The fraction of sp³-hybridized carbons (Fsp3) is 0.250. The van der Waals surface area contributed by atoms with E-state index in [1.54, 1.807) is 17.5 Å². The van der Waals surface area contributed by atoms with Crippen molar-refractivity contribution < 1.29 is 4.42 Å². The van der Waals surface area contributed by atoms with Crippen molar-refractivity contribution in [3.63, 3.8) is 0 Å². The molecule has 1 N–H and O–H groups in total. The van der Waals surface area contributed by atoms with Crippen molar-refractivity contribution in [1.82, 2.24) is 15.0 Å². The Morgan fingerprint density at radius 3 is 3.00 bits per heavy atom. The van der Waals surface area contributed by atoms with Crippen LogP contribution in [0.5, 0.6) is 0 Å². The van der Waals surface area contributed by atoms with Gasteiger partial charge in [0, 0.05) is 31.1 Å². The van der Waals surface area contributed by atoms with E-state index in [0.717, 1.165) is 35.8 Å². The predicted molar refractivity (Wildman–Crippen MR) is 90.3 cm³/mol. The van der Waals surface area contributed by atoms with E-state index in [9.17, 15) is 0 Å². The average Bonchev–Trinajstić information content (AvgIpc) is 3.11. The molecule has 7 nitrogen and oxygen atoms in total. The second-order valence-corrected chi connectivity index (χ2v) is 5.02. The minimum absolute atomic E-state index is 0.583. The van der Waals surface area contributed by atoms with Crippen LogP contribution in [0.4, 0.5) is 5.69 Å². The van der Waals surface area contributed by atoms with Crippen LogP contribution in [0.15, 0.2) is 57.8 Å². The number of aliphatic imine (C=N–C) groups is 1. The number of aromatic nitrogens is 2. The van der Waals surface area contributed by atoms with Crippen molar-refractivity contribution in [2.75, 3.05) is 18.5 Å². The van der Waals surface area contributed by atoms with E-state index in [0.29, 0.717) is 6.67 Å². The number of hydrogen-bond acceptors (Lipinski definition) is 7. The van der Waals surface area contributed by atoms with Crippen LogP contribution in [-0.2, 0) is 0 Å². The topological polar surface area (TPSA) is 78.9 Å². The molecular formula is C16H18N6O. The third-order valence-corrected chi connectivity index (χ3v) is 3.24. The fourth-order valence-corrected chi connectivity index (χ4v) is 1.99. The van der Waals surface area contributed by atoms with E-state index in [4.69, 9.17) is 4.42 Å². The first-order valence-electron chi connectivity index (χ1n) is 7.38. The van der Waals surface area contributed by atoms with Crippen LogP contribution >= 0.6 is 0 Å². The van der Waals surface area contributed by atoms with Crippen LogP contribution in [0.1, 0.15) is 13.3 Å². The smallest absolute Gasteiger partial charge is 0.181 e. The molecule has 0 bridgehead atoms. The van der Waals surface area contributed by atoms with Gasteiger partial charge in [0.1, 0.15) is 18.6 Å². The predicted octanol–water partition coefficient (Wildman–Crippen LogP) is 2.77. The Morgan fingerprint density at radius 1 is 1.35 bits per heavy atom. The Balaban J connectivity index is 1.42. The molecule has 0 atom stereocenters. The molecule has 0 aromatic carbocycles. The van der Waals surface area contributed by atoms with Gasteiger partial charge in [0.25, 0.3) is 0 Å². The van der Waals surface area contributed by atoms with Crippen LogP contribution in [0.2, 0.25) is 0 Å². The van der Waals surface area contributed by atoms with E-state index in [1.165, 1.54) is 6.39 Å². The van der Waals surface area contributed by atoms with Gasteiger partial charge in [0.15, 0.2) is 6.39 Å². The zero-order chi connectivity index (χ0) is 15.9. The highest BCUT2D eigenvalue weighted by Crippen LogP contribution is 2.16. The molecule has 3 rings (SSSR count). The van der Waals surface area contributed by atoms with Gasteiger partial charge in [-0.3, -0.25) is 15.0 Å². The zero-order valence-electron chi connectivity index (χ0n) is 12.9. The van der Waals surface area contributed by atoms with Crippen LogP contribution in [0.25, 0.3) is 11.4 Å². The van der Waals surface area contributed by atoms with Crippen LogP contribution < -0.4 is 5.32 Å². The van der Waals surface area contributed by atoms with E-state index < -0.39 is 0 Å². The molecule has 0 saturated heterocycles. The first kappa shape index (κ1) is 15.0. The van der Waals surface area contributed by atoms with Crippen molar-refractivity contribution in [2.45, 2.75) is 13.3 Å². The number of hydrazone groups is 1. The summed E-state index contributed by atoms with van der Waals surface area (Å²) in [4.78, 5) is 12.7. The summed E-state index contributed by atoms with van der Waals surface area (Å²) < 4.78 is 4.95. The number of hydrogen-bond donors (Lipinski definition) is 1. The summed E-state index contributed by atoms with van der Waals surface area (Å²) in [6, 6.07) is 3.88. The van der Waals surface area contributed by atoms with Crippen molar-refractivity contribution in [1.29, 1.82) is 0 Å². The van der Waals surface area contributed by atoms with Crippen molar-refractivity contribution in [3.8, 4) is 11.4 Å². The van der Waals surface area contributed by atoms with Gasteiger partial charge in [-0.05, 0) is 25.1 Å². The lowest BCUT2D eigenvalue weighted by Gasteiger charge is -2.14. The lowest BCUT2D eigenvalue weighted by atomic mass is 10.3. The highest BCUT2D eigenvalue weighted by atomic mass is 16.3. The van der Waals surface area contributed by atoms with Crippen molar-refractivity contribution >= 4 is 17.6 Å². The first-order valence-corrected chi connectivity index (χ1v) is 7.38. The molecule has 2 aromatic heterocycles. The molecule has 7 heteroatoms. The highest BCUT2D eigenvalue weighted by Gasteiger charge is 2.02. The summed E-state index contributed by atoms with van der Waals surface area (Å²) in [6.07, 6.45) is 11.3. The molecule has 0 spiro atoms. The maximum absolute atomic E-state index is 4.95. The van der Waals surface area contributed by atoms with Gasteiger partial charge in [-0.15, -0.1) is 0 Å². The van der Waals surface area contributed by atoms with Crippen molar-refractivity contribution in [2.24, 2.45) is 10.1 Å². The molecule has 118 valence electrons. The number of anilines is 1. The minimum atomic E-state index is 0.583. The van der Waals surface area contributed by atoms with Gasteiger partial charge < -0.3 is 9.73 Å². The summed E-state index contributed by atoms with van der Waals surface area (Å²) in [7, 11) is 0. The summed E-state index contributed by atoms with van der Waals surface area (Å²) in [5.41, 5.74) is 3.51. The number of rotatable bonds is 6. The van der Waals surface area contributed by atoms with E-state index in [2.05, 4.69) is 25.4 Å². The number of pyridine rings is 1. The second kappa shape index (κ2) is 7.35. The summed E-state index contributed by atoms with van der Waals surface area (Å²) >= 11 is 0. The highest BCUT2D eigenvalue weighted by molar-refractivity contribution is 5.93. The first-order chi connectivity index (χ1) is 11.3. The molecular weight excluding hydrogens is 292 g/mol. The fourth-order valence-electron chi connectivity index (χ4n) is 1.99. The van der Waals surface area contributed by atoms with E-state index in [1.807, 2.05) is 37.5 Å². The van der Waals surface area contributed by atoms with Crippen LogP contribution in [0, 0.1) is 0 Å². The van der Waals surface area contributed by atoms with Gasteiger partial charge >= 0.3 is 0 Å². The molecule has 0 amide bonds. The molecule has 2 aromatic rings. The molecule has 0 fully saturated rings. The van der Waals surface area contributed by atoms with Crippen molar-refractivity contribution in [3.05, 3.63) is 43.3 Å². The normalized spacial score (nSPS) is 14.3. The Morgan fingerprint density at radius 2 is 2.30 bits per heavy atom. The summed E-state index contributed by atoms with van der Waals surface area (Å²) in [5, 5.41) is 9.44. The van der Waals surface area contributed by atoms with E-state index >= 15 is 0 Å². The Kier molecular flexibility index (Phi) is 4.78. The molecule has 0 saturated carbocycles. The Labute approximate surface area is 134 Å². The summed E-state index contributed by atoms with van der Waals surface area (Å²) in [5.74, 6) is 0. The Bertz CT molecular complexity index is 703. The monoisotopic (exact) mass is 310 g/mol. The molecule has 23 heavy (non-hydrogen) atoms. The largest absolute Gasteiger partial charge is 0.451 e. The lowest BCUT2D eigenvalue weighted by Crippen LogP contribution is -2.15.